The molecule has 82 valence electrons. The highest BCUT2D eigenvalue weighted by atomic mass is 14.9. The second-order valence-corrected chi connectivity index (χ2v) is 4.32. The Morgan fingerprint density at radius 1 is 1.40 bits per heavy atom. The largest absolute Gasteiger partial charge is 0.316 e. The lowest BCUT2D eigenvalue weighted by Crippen LogP contribution is -2.34. The molecule has 2 N–H and O–H groups in total. The predicted molar refractivity (Wildman–Crippen MR) is 63.8 cm³/mol. The lowest BCUT2D eigenvalue weighted by Gasteiger charge is -2.25. The van der Waals surface area contributed by atoms with Crippen LogP contribution in [0.15, 0.2) is 18.2 Å². The van der Waals surface area contributed by atoms with E-state index in [0.29, 0.717) is 6.04 Å². The summed E-state index contributed by atoms with van der Waals surface area (Å²) in [6.07, 6.45) is 2.40. The van der Waals surface area contributed by atoms with Crippen molar-refractivity contribution in [3.8, 4) is 0 Å². The van der Waals surface area contributed by atoms with Gasteiger partial charge in [0, 0.05) is 19.1 Å². The van der Waals surface area contributed by atoms with E-state index in [9.17, 15) is 0 Å². The van der Waals surface area contributed by atoms with Crippen LogP contribution in [0, 0.1) is 0 Å². The molecule has 2 heteroatoms. The third-order valence-corrected chi connectivity index (χ3v) is 3.19. The summed E-state index contributed by atoms with van der Waals surface area (Å²) in [7, 11) is 2.00. The number of hydrogen-bond donors (Lipinski definition) is 2. The fourth-order valence-electron chi connectivity index (χ4n) is 2.24. The normalized spacial score (nSPS) is 20.0. The Bertz CT molecular complexity index is 333. The maximum atomic E-state index is 3.56. The van der Waals surface area contributed by atoms with Crippen molar-refractivity contribution in [2.45, 2.75) is 38.9 Å². The van der Waals surface area contributed by atoms with Crippen molar-refractivity contribution < 1.29 is 0 Å². The van der Waals surface area contributed by atoms with Crippen molar-refractivity contribution in [2.75, 3.05) is 7.05 Å². The SMILES string of the molecule is CCC1Cc2cc(CNC)ccc2CN1. The Labute approximate surface area is 92.1 Å². The Balaban J connectivity index is 2.19. The molecular formula is C13H20N2. The third kappa shape index (κ3) is 2.39. The molecule has 0 aliphatic carbocycles. The van der Waals surface area contributed by atoms with E-state index in [2.05, 4.69) is 35.8 Å². The van der Waals surface area contributed by atoms with Crippen LogP contribution in [-0.4, -0.2) is 13.1 Å². The molecule has 0 amide bonds. The Kier molecular flexibility index (Phi) is 3.39. The van der Waals surface area contributed by atoms with Gasteiger partial charge in [-0.3, -0.25) is 0 Å². The minimum Gasteiger partial charge on any atom is -0.316 e. The van der Waals surface area contributed by atoms with Gasteiger partial charge in [0.15, 0.2) is 0 Å². The number of nitrogens with one attached hydrogen (secondary N) is 2. The van der Waals surface area contributed by atoms with Crippen molar-refractivity contribution in [2.24, 2.45) is 0 Å². The van der Waals surface area contributed by atoms with Crippen LogP contribution in [0.3, 0.4) is 0 Å². The summed E-state index contributed by atoms with van der Waals surface area (Å²) in [5.74, 6) is 0. The summed E-state index contributed by atoms with van der Waals surface area (Å²) in [6, 6.07) is 7.52. The van der Waals surface area contributed by atoms with Gasteiger partial charge in [0.05, 0.1) is 0 Å². The van der Waals surface area contributed by atoms with Crippen LogP contribution >= 0.6 is 0 Å². The predicted octanol–water partition coefficient (Wildman–Crippen LogP) is 1.83. The molecule has 0 saturated heterocycles. The molecule has 15 heavy (non-hydrogen) atoms. The van der Waals surface area contributed by atoms with Crippen LogP contribution in [0.25, 0.3) is 0 Å². The molecule has 1 atom stereocenters. The van der Waals surface area contributed by atoms with Crippen molar-refractivity contribution >= 4 is 0 Å². The molecule has 0 spiro atoms. The van der Waals surface area contributed by atoms with E-state index in [0.717, 1.165) is 13.1 Å². The second kappa shape index (κ2) is 4.77. The van der Waals surface area contributed by atoms with Gasteiger partial charge in [0.25, 0.3) is 0 Å². The van der Waals surface area contributed by atoms with Gasteiger partial charge in [0.1, 0.15) is 0 Å². The molecular weight excluding hydrogens is 184 g/mol. The Hall–Kier alpha value is -0.860. The van der Waals surface area contributed by atoms with Crippen LogP contribution in [0.5, 0.6) is 0 Å². The van der Waals surface area contributed by atoms with Crippen LogP contribution < -0.4 is 10.6 Å². The minimum absolute atomic E-state index is 0.669. The molecule has 2 rings (SSSR count). The van der Waals surface area contributed by atoms with E-state index >= 15 is 0 Å². The van der Waals surface area contributed by atoms with Crippen LogP contribution in [-0.2, 0) is 19.5 Å². The van der Waals surface area contributed by atoms with Crippen LogP contribution in [0.1, 0.15) is 30.0 Å². The van der Waals surface area contributed by atoms with Gasteiger partial charge >= 0.3 is 0 Å². The van der Waals surface area contributed by atoms with E-state index in [1.165, 1.54) is 29.5 Å². The Morgan fingerprint density at radius 3 is 3.00 bits per heavy atom. The number of fused-ring (bicyclic) bond motifs is 1. The smallest absolute Gasteiger partial charge is 0.0210 e. The summed E-state index contributed by atoms with van der Waals surface area (Å²) in [5.41, 5.74) is 4.40. The molecule has 1 aliphatic heterocycles. The number of rotatable bonds is 3. The highest BCUT2D eigenvalue weighted by Gasteiger charge is 2.16. The molecule has 0 saturated carbocycles. The molecule has 0 fully saturated rings. The van der Waals surface area contributed by atoms with Crippen molar-refractivity contribution in [1.82, 2.24) is 10.6 Å². The maximum Gasteiger partial charge on any atom is 0.0210 e. The highest BCUT2D eigenvalue weighted by molar-refractivity contribution is 5.34. The van der Waals surface area contributed by atoms with E-state index in [-0.39, 0.29) is 0 Å². The zero-order chi connectivity index (χ0) is 10.7. The molecule has 1 unspecified atom stereocenters. The first-order valence-electron chi connectivity index (χ1n) is 5.82. The molecule has 0 radical (unpaired) electrons. The maximum absolute atomic E-state index is 3.56. The standard InChI is InChI=1S/C13H20N2/c1-3-13-7-12-6-10(8-14-2)4-5-11(12)9-15-13/h4-6,13-15H,3,7-9H2,1-2H3. The fraction of sp³-hybridized carbons (Fsp3) is 0.538. The Morgan fingerprint density at radius 2 is 2.27 bits per heavy atom. The monoisotopic (exact) mass is 204 g/mol. The first kappa shape index (κ1) is 10.7. The van der Waals surface area contributed by atoms with E-state index < -0.39 is 0 Å². The van der Waals surface area contributed by atoms with Crippen molar-refractivity contribution in [1.29, 1.82) is 0 Å². The molecule has 1 aromatic rings. The highest BCUT2D eigenvalue weighted by Crippen LogP contribution is 2.19. The van der Waals surface area contributed by atoms with Gasteiger partial charge in [0.2, 0.25) is 0 Å². The third-order valence-electron chi connectivity index (χ3n) is 3.19. The van der Waals surface area contributed by atoms with Crippen LogP contribution in [0.4, 0.5) is 0 Å². The lowest BCUT2D eigenvalue weighted by atomic mass is 9.93. The molecule has 1 aromatic carbocycles. The average Bonchev–Trinajstić information content (AvgIpc) is 2.28. The summed E-state index contributed by atoms with van der Waals surface area (Å²) in [5, 5.41) is 6.76. The van der Waals surface area contributed by atoms with E-state index in [4.69, 9.17) is 0 Å². The molecule has 0 bridgehead atoms. The summed E-state index contributed by atoms with van der Waals surface area (Å²) in [6.45, 7) is 4.26. The topological polar surface area (TPSA) is 24.1 Å². The quantitative estimate of drug-likeness (QED) is 0.785. The van der Waals surface area contributed by atoms with Gasteiger partial charge in [-0.1, -0.05) is 25.1 Å². The summed E-state index contributed by atoms with van der Waals surface area (Å²) in [4.78, 5) is 0. The minimum atomic E-state index is 0.669. The summed E-state index contributed by atoms with van der Waals surface area (Å²) < 4.78 is 0. The van der Waals surface area contributed by atoms with E-state index in [1.807, 2.05) is 7.05 Å². The van der Waals surface area contributed by atoms with Gasteiger partial charge in [-0.2, -0.15) is 0 Å². The fourth-order valence-corrected chi connectivity index (χ4v) is 2.24. The van der Waals surface area contributed by atoms with Crippen molar-refractivity contribution in [3.05, 3.63) is 34.9 Å². The number of hydrogen-bond acceptors (Lipinski definition) is 2. The van der Waals surface area contributed by atoms with Crippen molar-refractivity contribution in [3.63, 3.8) is 0 Å². The van der Waals surface area contributed by atoms with Gasteiger partial charge in [-0.25, -0.2) is 0 Å². The molecule has 1 heterocycles. The molecule has 2 nitrogen and oxygen atoms in total. The van der Waals surface area contributed by atoms with Gasteiger partial charge in [-0.05, 0) is 36.6 Å². The van der Waals surface area contributed by atoms with Crippen LogP contribution in [0.2, 0.25) is 0 Å². The first-order chi connectivity index (χ1) is 7.33. The van der Waals surface area contributed by atoms with E-state index in [1.54, 1.807) is 0 Å². The summed E-state index contributed by atoms with van der Waals surface area (Å²) >= 11 is 0. The zero-order valence-corrected chi connectivity index (χ0v) is 9.64. The second-order valence-electron chi connectivity index (χ2n) is 4.32. The lowest BCUT2D eigenvalue weighted by molar-refractivity contribution is 0.467. The van der Waals surface area contributed by atoms with Gasteiger partial charge < -0.3 is 10.6 Å². The first-order valence-corrected chi connectivity index (χ1v) is 5.82. The van der Waals surface area contributed by atoms with Gasteiger partial charge in [-0.15, -0.1) is 0 Å². The number of benzene rings is 1. The molecule has 0 aromatic heterocycles. The molecule has 1 aliphatic rings. The zero-order valence-electron chi connectivity index (χ0n) is 9.64. The average molecular weight is 204 g/mol.